The van der Waals surface area contributed by atoms with Gasteiger partial charge in [0.05, 0.1) is 10.9 Å². The van der Waals surface area contributed by atoms with Crippen molar-refractivity contribution in [3.63, 3.8) is 0 Å². The quantitative estimate of drug-likeness (QED) is 0.661. The van der Waals surface area contributed by atoms with Crippen molar-refractivity contribution in [1.29, 1.82) is 5.26 Å². The molecule has 0 spiro atoms. The Kier molecular flexibility index (Phi) is 5.70. The summed E-state index contributed by atoms with van der Waals surface area (Å²) in [7, 11) is 0. The number of halogens is 2. The summed E-state index contributed by atoms with van der Waals surface area (Å²) in [6.45, 7) is 3.86. The third-order valence-electron chi connectivity index (χ3n) is 5.74. The number of para-hydroxylation sites is 1. The summed E-state index contributed by atoms with van der Waals surface area (Å²) < 4.78 is 25.9. The lowest BCUT2D eigenvalue weighted by Gasteiger charge is -2.37. The molecule has 1 aliphatic carbocycles. The Morgan fingerprint density at radius 1 is 1.25 bits per heavy atom. The van der Waals surface area contributed by atoms with E-state index >= 15 is 0 Å². The smallest absolute Gasteiger partial charge is 0.205 e. The fraction of sp³-hybridized carbons (Fsp3) is 0.280. The maximum atomic E-state index is 14.2. The number of Topliss-reactive ketones (excluding diaryl/α,β-unsaturated/α-hetero) is 1. The van der Waals surface area contributed by atoms with Crippen LogP contribution in [0.3, 0.4) is 0 Å². The average Bonchev–Trinajstić information content (AvgIpc) is 2.72. The van der Waals surface area contributed by atoms with Gasteiger partial charge in [0.1, 0.15) is 35.6 Å². The molecule has 7 heteroatoms. The van der Waals surface area contributed by atoms with Crippen LogP contribution in [-0.2, 0) is 16.1 Å². The molecule has 1 heterocycles. The number of nitrogens with two attached hydrogens (primary N) is 1. The van der Waals surface area contributed by atoms with E-state index in [-0.39, 0.29) is 39.8 Å². The lowest BCUT2D eigenvalue weighted by molar-refractivity contribution is -0.119. The van der Waals surface area contributed by atoms with Crippen molar-refractivity contribution in [2.75, 3.05) is 0 Å². The highest BCUT2D eigenvalue weighted by Gasteiger charge is 2.43. The van der Waals surface area contributed by atoms with Gasteiger partial charge in [-0.15, -0.1) is 0 Å². The highest BCUT2D eigenvalue weighted by Crippen LogP contribution is 2.49. The van der Waals surface area contributed by atoms with E-state index in [9.17, 15) is 14.4 Å². The Hall–Kier alpha value is -3.30. The van der Waals surface area contributed by atoms with Gasteiger partial charge in [0.15, 0.2) is 5.78 Å². The van der Waals surface area contributed by atoms with Gasteiger partial charge in [-0.3, -0.25) is 4.79 Å². The minimum atomic E-state index is -0.723. The van der Waals surface area contributed by atoms with E-state index < -0.39 is 11.7 Å². The average molecular weight is 453 g/mol. The Balaban J connectivity index is 1.78. The zero-order chi connectivity index (χ0) is 23.0. The number of benzene rings is 2. The summed E-state index contributed by atoms with van der Waals surface area (Å²) in [5.74, 6) is -0.414. The zero-order valence-corrected chi connectivity index (χ0v) is 18.5. The van der Waals surface area contributed by atoms with Gasteiger partial charge in [0.25, 0.3) is 0 Å². The lowest BCUT2D eigenvalue weighted by atomic mass is 9.70. The SMILES string of the molecule is CC1(C)CC(=O)C2=C(C1)OC(N)=C(C#N)C2c1ccccc1OCc1c(F)cccc1Cl. The molecule has 0 radical (unpaired) electrons. The first kappa shape index (κ1) is 21.9. The van der Waals surface area contributed by atoms with E-state index in [1.807, 2.05) is 13.8 Å². The normalized spacial score (nSPS) is 19.8. The van der Waals surface area contributed by atoms with Crippen molar-refractivity contribution >= 4 is 17.4 Å². The second-order valence-electron chi connectivity index (χ2n) is 8.73. The Morgan fingerprint density at radius 3 is 2.72 bits per heavy atom. The van der Waals surface area contributed by atoms with Gasteiger partial charge in [-0.25, -0.2) is 4.39 Å². The predicted octanol–water partition coefficient (Wildman–Crippen LogP) is 5.51. The maximum absolute atomic E-state index is 14.2. The summed E-state index contributed by atoms with van der Waals surface area (Å²) in [4.78, 5) is 13.2. The lowest BCUT2D eigenvalue weighted by Crippen LogP contribution is -2.33. The number of rotatable bonds is 4. The van der Waals surface area contributed by atoms with Crippen LogP contribution in [-0.4, -0.2) is 5.78 Å². The summed E-state index contributed by atoms with van der Waals surface area (Å²) in [5.41, 5.74) is 7.21. The van der Waals surface area contributed by atoms with E-state index in [4.69, 9.17) is 26.8 Å². The van der Waals surface area contributed by atoms with Crippen molar-refractivity contribution in [2.45, 2.75) is 39.2 Å². The van der Waals surface area contributed by atoms with Crippen molar-refractivity contribution in [1.82, 2.24) is 0 Å². The number of nitriles is 1. The number of hydrogen-bond donors (Lipinski definition) is 1. The first-order valence-corrected chi connectivity index (χ1v) is 10.6. The zero-order valence-electron chi connectivity index (χ0n) is 17.7. The van der Waals surface area contributed by atoms with E-state index in [0.29, 0.717) is 35.5 Å². The molecule has 2 aromatic carbocycles. The van der Waals surface area contributed by atoms with Gasteiger partial charge >= 0.3 is 0 Å². The van der Waals surface area contributed by atoms with Crippen LogP contribution in [0.15, 0.2) is 65.3 Å². The van der Waals surface area contributed by atoms with Crippen LogP contribution in [0.25, 0.3) is 0 Å². The molecule has 2 aromatic rings. The molecular formula is C25H22ClFN2O3. The molecule has 164 valence electrons. The van der Waals surface area contributed by atoms with Crippen molar-refractivity contribution < 1.29 is 18.7 Å². The molecule has 2 N–H and O–H groups in total. The van der Waals surface area contributed by atoms with Crippen LogP contribution in [0, 0.1) is 22.6 Å². The second kappa shape index (κ2) is 8.33. The molecule has 4 rings (SSSR count). The predicted molar refractivity (Wildman–Crippen MR) is 118 cm³/mol. The number of ketones is 1. The number of carbonyl (C=O) groups is 1. The molecule has 5 nitrogen and oxygen atoms in total. The summed E-state index contributed by atoms with van der Waals surface area (Å²) in [6.07, 6.45) is 0.857. The molecule has 1 aliphatic heterocycles. The number of ether oxygens (including phenoxy) is 2. The summed E-state index contributed by atoms with van der Waals surface area (Å²) in [6, 6.07) is 13.6. The fourth-order valence-electron chi connectivity index (χ4n) is 4.27. The van der Waals surface area contributed by atoms with Gasteiger partial charge in [-0.05, 0) is 23.6 Å². The minimum Gasteiger partial charge on any atom is -0.488 e. The highest BCUT2D eigenvalue weighted by atomic mass is 35.5. The number of hydrogen-bond acceptors (Lipinski definition) is 5. The Labute approximate surface area is 190 Å². The third kappa shape index (κ3) is 3.96. The molecular weight excluding hydrogens is 431 g/mol. The van der Waals surface area contributed by atoms with Gasteiger partial charge in [-0.2, -0.15) is 5.26 Å². The summed E-state index contributed by atoms with van der Waals surface area (Å²) >= 11 is 6.13. The van der Waals surface area contributed by atoms with Crippen LogP contribution >= 0.6 is 11.6 Å². The van der Waals surface area contributed by atoms with E-state index in [1.54, 1.807) is 30.3 Å². The van der Waals surface area contributed by atoms with Crippen LogP contribution in [0.2, 0.25) is 5.02 Å². The van der Waals surface area contributed by atoms with E-state index in [1.165, 1.54) is 12.1 Å². The second-order valence-corrected chi connectivity index (χ2v) is 9.14. The van der Waals surface area contributed by atoms with Crippen molar-refractivity contribution in [3.05, 3.63) is 87.2 Å². The van der Waals surface area contributed by atoms with Crippen molar-refractivity contribution in [2.24, 2.45) is 11.1 Å². The largest absolute Gasteiger partial charge is 0.488 e. The van der Waals surface area contributed by atoms with Crippen LogP contribution in [0.5, 0.6) is 5.75 Å². The van der Waals surface area contributed by atoms with Gasteiger partial charge in [-0.1, -0.05) is 49.7 Å². The van der Waals surface area contributed by atoms with Gasteiger partial charge in [0, 0.05) is 29.5 Å². The third-order valence-corrected chi connectivity index (χ3v) is 6.09. The maximum Gasteiger partial charge on any atom is 0.205 e. The molecule has 2 aliphatic rings. The molecule has 32 heavy (non-hydrogen) atoms. The first-order chi connectivity index (χ1) is 15.2. The van der Waals surface area contributed by atoms with Crippen LogP contribution < -0.4 is 10.5 Å². The molecule has 0 aromatic heterocycles. The van der Waals surface area contributed by atoms with Gasteiger partial charge in [0.2, 0.25) is 5.88 Å². The van der Waals surface area contributed by atoms with Crippen LogP contribution in [0.1, 0.15) is 43.7 Å². The Morgan fingerprint density at radius 2 is 2.00 bits per heavy atom. The van der Waals surface area contributed by atoms with Crippen molar-refractivity contribution in [3.8, 4) is 11.8 Å². The van der Waals surface area contributed by atoms with Gasteiger partial charge < -0.3 is 15.2 Å². The molecule has 1 unspecified atom stereocenters. The molecule has 0 bridgehead atoms. The molecule has 0 saturated heterocycles. The van der Waals surface area contributed by atoms with Crippen LogP contribution in [0.4, 0.5) is 4.39 Å². The highest BCUT2D eigenvalue weighted by molar-refractivity contribution is 6.31. The molecule has 0 amide bonds. The molecule has 0 saturated carbocycles. The topological polar surface area (TPSA) is 85.3 Å². The van der Waals surface area contributed by atoms with E-state index in [2.05, 4.69) is 6.07 Å². The molecule has 0 fully saturated rings. The number of nitrogens with zero attached hydrogens (tertiary/aromatic N) is 1. The number of carbonyl (C=O) groups excluding carboxylic acids is 1. The fourth-order valence-corrected chi connectivity index (χ4v) is 4.48. The molecule has 1 atom stereocenters. The first-order valence-electron chi connectivity index (χ1n) is 10.2. The monoisotopic (exact) mass is 452 g/mol. The summed E-state index contributed by atoms with van der Waals surface area (Å²) in [5, 5.41) is 10.1. The Bertz CT molecular complexity index is 1190. The minimum absolute atomic E-state index is 0.0197. The number of allylic oxidation sites excluding steroid dienone is 3. The van der Waals surface area contributed by atoms with E-state index in [0.717, 1.165) is 0 Å². The standard InChI is InChI=1S/C25H22ClFN2O3/c1-25(2)10-19(30)23-21(11-25)32-24(29)15(12-28)22(23)14-6-3-4-9-20(14)31-13-16-17(26)7-5-8-18(16)27/h3-9,22H,10-11,13,29H2,1-2H3.